The molecule has 1 amide bonds. The van der Waals surface area contributed by atoms with Crippen molar-refractivity contribution < 1.29 is 4.79 Å². The highest BCUT2D eigenvalue weighted by atomic mass is 16.1. The average Bonchev–Trinajstić information content (AvgIpc) is 1.84. The lowest BCUT2D eigenvalue weighted by molar-refractivity contribution is -0.119. The molecule has 1 N–H and O–H groups in total. The Kier molecular flexibility index (Phi) is 4.29. The van der Waals surface area contributed by atoms with Crippen molar-refractivity contribution in [3.8, 4) is 0 Å². The fraction of sp³-hybridized carbons (Fsp3) is 0.900. The minimum absolute atomic E-state index is 0.0658. The number of nitrogens with one attached hydrogen (secondary N) is 1. The van der Waals surface area contributed by atoms with Gasteiger partial charge in [0.1, 0.15) is 0 Å². The molecule has 0 aromatic carbocycles. The summed E-state index contributed by atoms with van der Waals surface area (Å²) in [6, 6.07) is 0. The van der Waals surface area contributed by atoms with Gasteiger partial charge in [-0.1, -0.05) is 27.7 Å². The van der Waals surface area contributed by atoms with E-state index in [0.29, 0.717) is 11.3 Å². The summed E-state index contributed by atoms with van der Waals surface area (Å²) in [5.74, 6) is 0.709. The molecule has 0 aliphatic heterocycles. The molecule has 0 bridgehead atoms. The van der Waals surface area contributed by atoms with E-state index in [4.69, 9.17) is 0 Å². The van der Waals surface area contributed by atoms with Gasteiger partial charge in [0.05, 0.1) is 0 Å². The number of carbonyl (C=O) groups is 1. The first kappa shape index (κ1) is 11.5. The molecular formula is C10H21NO. The molecule has 0 saturated heterocycles. The molecule has 0 heterocycles. The fourth-order valence-electron chi connectivity index (χ4n) is 0.898. The zero-order valence-electron chi connectivity index (χ0n) is 8.90. The van der Waals surface area contributed by atoms with Crippen LogP contribution in [0.1, 0.15) is 41.0 Å². The van der Waals surface area contributed by atoms with Crippen molar-refractivity contribution in [3.63, 3.8) is 0 Å². The molecule has 0 aliphatic rings. The van der Waals surface area contributed by atoms with Crippen molar-refractivity contribution in [1.29, 1.82) is 0 Å². The molecular weight excluding hydrogens is 150 g/mol. The normalized spacial score (nSPS) is 14.1. The number of hydrogen-bond donors (Lipinski definition) is 1. The predicted octanol–water partition coefficient (Wildman–Crippen LogP) is 2.19. The highest BCUT2D eigenvalue weighted by Gasteiger charge is 2.19. The summed E-state index contributed by atoms with van der Waals surface area (Å²) in [6.07, 6.45) is 1.06. The van der Waals surface area contributed by atoms with Gasteiger partial charge in [-0.05, 0) is 17.8 Å². The van der Waals surface area contributed by atoms with E-state index in [0.717, 1.165) is 13.0 Å². The lowest BCUT2D eigenvalue weighted by atomic mass is 9.80. The van der Waals surface area contributed by atoms with Gasteiger partial charge < -0.3 is 5.32 Å². The Morgan fingerprint density at radius 3 is 2.25 bits per heavy atom. The van der Waals surface area contributed by atoms with Crippen LogP contribution < -0.4 is 5.32 Å². The Bertz CT molecular complexity index is 146. The second-order valence-corrected chi connectivity index (χ2v) is 4.54. The van der Waals surface area contributed by atoms with Crippen LogP contribution in [-0.4, -0.2) is 12.5 Å². The monoisotopic (exact) mass is 171 g/mol. The Hall–Kier alpha value is -0.530. The average molecular weight is 171 g/mol. The van der Waals surface area contributed by atoms with E-state index in [9.17, 15) is 4.79 Å². The predicted molar refractivity (Wildman–Crippen MR) is 51.9 cm³/mol. The van der Waals surface area contributed by atoms with Gasteiger partial charge in [-0.3, -0.25) is 4.79 Å². The van der Waals surface area contributed by atoms with Crippen LogP contribution >= 0.6 is 0 Å². The standard InChI is InChI=1S/C10H21NO/c1-8(10(3,4)5)6-7-11-9(2)12/h8H,6-7H2,1-5H3,(H,11,12). The summed E-state index contributed by atoms with van der Waals surface area (Å²) < 4.78 is 0. The van der Waals surface area contributed by atoms with Crippen molar-refractivity contribution in [1.82, 2.24) is 5.32 Å². The van der Waals surface area contributed by atoms with E-state index >= 15 is 0 Å². The molecule has 0 rings (SSSR count). The van der Waals surface area contributed by atoms with Crippen molar-refractivity contribution in [2.45, 2.75) is 41.0 Å². The van der Waals surface area contributed by atoms with Crippen molar-refractivity contribution >= 4 is 5.91 Å². The second-order valence-electron chi connectivity index (χ2n) is 4.54. The molecule has 0 aromatic rings. The third-order valence-corrected chi connectivity index (χ3v) is 2.43. The van der Waals surface area contributed by atoms with Crippen LogP contribution in [-0.2, 0) is 4.79 Å². The van der Waals surface area contributed by atoms with E-state index in [-0.39, 0.29) is 5.91 Å². The van der Waals surface area contributed by atoms with Crippen molar-refractivity contribution in [2.24, 2.45) is 11.3 Å². The maximum Gasteiger partial charge on any atom is 0.216 e. The molecule has 2 nitrogen and oxygen atoms in total. The smallest absolute Gasteiger partial charge is 0.216 e. The van der Waals surface area contributed by atoms with Gasteiger partial charge in [0.2, 0.25) is 5.91 Å². The zero-order valence-corrected chi connectivity index (χ0v) is 8.90. The molecule has 0 saturated carbocycles. The minimum atomic E-state index is 0.0658. The molecule has 0 fully saturated rings. The molecule has 0 aromatic heterocycles. The third kappa shape index (κ3) is 5.16. The minimum Gasteiger partial charge on any atom is -0.356 e. The van der Waals surface area contributed by atoms with Crippen LogP contribution in [0.15, 0.2) is 0 Å². The first-order valence-electron chi connectivity index (χ1n) is 4.58. The second kappa shape index (κ2) is 4.48. The van der Waals surface area contributed by atoms with Gasteiger partial charge in [-0.25, -0.2) is 0 Å². The number of amides is 1. The van der Waals surface area contributed by atoms with Crippen molar-refractivity contribution in [3.05, 3.63) is 0 Å². The summed E-state index contributed by atoms with van der Waals surface area (Å²) in [4.78, 5) is 10.6. The van der Waals surface area contributed by atoms with Gasteiger partial charge in [0, 0.05) is 13.5 Å². The Morgan fingerprint density at radius 1 is 1.42 bits per heavy atom. The first-order chi connectivity index (χ1) is 5.34. The lowest BCUT2D eigenvalue weighted by Gasteiger charge is -2.27. The van der Waals surface area contributed by atoms with Crippen LogP contribution in [0.25, 0.3) is 0 Å². The number of hydrogen-bond acceptors (Lipinski definition) is 1. The van der Waals surface area contributed by atoms with E-state index in [2.05, 4.69) is 33.0 Å². The van der Waals surface area contributed by atoms with Crippen LogP contribution in [0, 0.1) is 11.3 Å². The maximum atomic E-state index is 10.6. The van der Waals surface area contributed by atoms with E-state index in [1.807, 2.05) is 0 Å². The molecule has 0 spiro atoms. The Balaban J connectivity index is 3.58. The molecule has 2 heteroatoms. The Labute approximate surface area is 75.7 Å². The number of carbonyl (C=O) groups excluding carboxylic acids is 1. The van der Waals surface area contributed by atoms with E-state index in [1.165, 1.54) is 0 Å². The van der Waals surface area contributed by atoms with Crippen LogP contribution in [0.5, 0.6) is 0 Å². The van der Waals surface area contributed by atoms with Crippen LogP contribution in [0.2, 0.25) is 0 Å². The summed E-state index contributed by atoms with van der Waals surface area (Å²) in [6.45, 7) is 11.3. The molecule has 0 radical (unpaired) electrons. The molecule has 72 valence electrons. The van der Waals surface area contributed by atoms with Gasteiger partial charge in [-0.15, -0.1) is 0 Å². The summed E-state index contributed by atoms with van der Waals surface area (Å²) in [5, 5.41) is 2.81. The molecule has 1 atom stereocenters. The van der Waals surface area contributed by atoms with Gasteiger partial charge >= 0.3 is 0 Å². The number of rotatable bonds is 3. The third-order valence-electron chi connectivity index (χ3n) is 2.43. The first-order valence-corrected chi connectivity index (χ1v) is 4.58. The summed E-state index contributed by atoms with van der Waals surface area (Å²) >= 11 is 0. The van der Waals surface area contributed by atoms with Crippen molar-refractivity contribution in [2.75, 3.05) is 6.54 Å². The van der Waals surface area contributed by atoms with Crippen LogP contribution in [0.3, 0.4) is 0 Å². The SMILES string of the molecule is CC(=O)NCCC(C)C(C)(C)C. The Morgan fingerprint density at radius 2 is 1.92 bits per heavy atom. The molecule has 0 aliphatic carbocycles. The van der Waals surface area contributed by atoms with E-state index in [1.54, 1.807) is 6.92 Å². The van der Waals surface area contributed by atoms with E-state index < -0.39 is 0 Å². The quantitative estimate of drug-likeness (QED) is 0.693. The highest BCUT2D eigenvalue weighted by Crippen LogP contribution is 2.27. The fourth-order valence-corrected chi connectivity index (χ4v) is 0.898. The summed E-state index contributed by atoms with van der Waals surface area (Å²) in [7, 11) is 0. The van der Waals surface area contributed by atoms with Gasteiger partial charge in [-0.2, -0.15) is 0 Å². The van der Waals surface area contributed by atoms with Crippen LogP contribution in [0.4, 0.5) is 0 Å². The zero-order chi connectivity index (χ0) is 9.78. The maximum absolute atomic E-state index is 10.6. The highest BCUT2D eigenvalue weighted by molar-refractivity contribution is 5.72. The topological polar surface area (TPSA) is 29.1 Å². The lowest BCUT2D eigenvalue weighted by Crippen LogP contribution is -2.26. The van der Waals surface area contributed by atoms with Gasteiger partial charge in [0.25, 0.3) is 0 Å². The molecule has 1 unspecified atom stereocenters. The molecule has 12 heavy (non-hydrogen) atoms. The van der Waals surface area contributed by atoms with Gasteiger partial charge in [0.15, 0.2) is 0 Å². The summed E-state index contributed by atoms with van der Waals surface area (Å²) in [5.41, 5.74) is 0.346. The largest absolute Gasteiger partial charge is 0.356 e.